The van der Waals surface area contributed by atoms with Crippen LogP contribution in [0.2, 0.25) is 5.02 Å². The number of hydrogen-bond donors (Lipinski definition) is 1. The van der Waals surface area contributed by atoms with Gasteiger partial charge in [-0.15, -0.1) is 0 Å². The van der Waals surface area contributed by atoms with Crippen LogP contribution < -0.4 is 0 Å². The van der Waals surface area contributed by atoms with E-state index in [4.69, 9.17) is 11.6 Å². The Morgan fingerprint density at radius 3 is 2.19 bits per heavy atom. The second-order valence-corrected chi connectivity index (χ2v) is 9.93. The molecule has 0 bridgehead atoms. The number of aryl methyl sites for hydroxylation is 1. The van der Waals surface area contributed by atoms with Crippen LogP contribution in [0.4, 0.5) is 0 Å². The summed E-state index contributed by atoms with van der Waals surface area (Å²) in [6, 6.07) is 21.0. The molecule has 4 rings (SSSR count). The molecule has 1 aliphatic rings. The number of nitrogens with zero attached hydrogens (tertiary/aromatic N) is 1. The van der Waals surface area contributed by atoms with Gasteiger partial charge in [0.05, 0.1) is 22.6 Å². The average Bonchev–Trinajstić information content (AvgIpc) is 2.79. The lowest BCUT2D eigenvalue weighted by Crippen LogP contribution is -2.42. The first kappa shape index (κ1) is 22.3. The molecule has 0 spiro atoms. The fourth-order valence-electron chi connectivity index (χ4n) is 4.17. The van der Waals surface area contributed by atoms with Crippen molar-refractivity contribution in [3.8, 4) is 0 Å². The molecule has 0 fully saturated rings. The van der Waals surface area contributed by atoms with Gasteiger partial charge in [0.15, 0.2) is 0 Å². The molecular formula is C25H22ClNO4S. The molecular weight excluding hydrogens is 446 g/mol. The van der Waals surface area contributed by atoms with Crippen molar-refractivity contribution >= 4 is 27.6 Å². The van der Waals surface area contributed by atoms with E-state index >= 15 is 0 Å². The third-order valence-electron chi connectivity index (χ3n) is 5.68. The van der Waals surface area contributed by atoms with Gasteiger partial charge in [-0.3, -0.25) is 0 Å². The minimum absolute atomic E-state index is 0.0403. The lowest BCUT2D eigenvalue weighted by atomic mass is 9.89. The fourth-order valence-corrected chi connectivity index (χ4v) is 6.31. The molecule has 1 aliphatic heterocycles. The minimum Gasteiger partial charge on any atom is -0.478 e. The lowest BCUT2D eigenvalue weighted by Gasteiger charge is -2.41. The van der Waals surface area contributed by atoms with Crippen molar-refractivity contribution < 1.29 is 18.3 Å². The molecule has 7 heteroatoms. The van der Waals surface area contributed by atoms with Crippen LogP contribution in [0, 0.1) is 6.92 Å². The van der Waals surface area contributed by atoms with Gasteiger partial charge < -0.3 is 5.11 Å². The van der Waals surface area contributed by atoms with E-state index in [1.807, 2.05) is 6.07 Å². The van der Waals surface area contributed by atoms with Crippen LogP contribution in [0.15, 0.2) is 95.4 Å². The fraction of sp³-hybridized carbons (Fsp3) is 0.160. The third kappa shape index (κ3) is 4.09. The Balaban J connectivity index is 1.98. The van der Waals surface area contributed by atoms with Crippen LogP contribution in [0.25, 0.3) is 0 Å². The highest BCUT2D eigenvalue weighted by Gasteiger charge is 2.44. The minimum atomic E-state index is -4.07. The smallest absolute Gasteiger partial charge is 0.333 e. The van der Waals surface area contributed by atoms with Gasteiger partial charge in [0.2, 0.25) is 10.0 Å². The van der Waals surface area contributed by atoms with Crippen LogP contribution >= 0.6 is 11.6 Å². The van der Waals surface area contributed by atoms with Gasteiger partial charge in [-0.2, -0.15) is 4.31 Å². The topological polar surface area (TPSA) is 74.7 Å². The van der Waals surface area contributed by atoms with E-state index in [2.05, 4.69) is 0 Å². The van der Waals surface area contributed by atoms with Crippen LogP contribution in [-0.4, -0.2) is 23.8 Å². The number of carboxylic acid groups (broad SMARTS) is 1. The van der Waals surface area contributed by atoms with Crippen LogP contribution in [0.5, 0.6) is 0 Å². The van der Waals surface area contributed by atoms with Crippen molar-refractivity contribution in [3.63, 3.8) is 0 Å². The van der Waals surface area contributed by atoms with Crippen molar-refractivity contribution in [2.24, 2.45) is 0 Å². The van der Waals surface area contributed by atoms with Gasteiger partial charge >= 0.3 is 5.97 Å². The maximum atomic E-state index is 14.1. The predicted molar refractivity (Wildman–Crippen MR) is 124 cm³/mol. The predicted octanol–water partition coefficient (Wildman–Crippen LogP) is 5.54. The molecule has 0 aromatic heterocycles. The van der Waals surface area contributed by atoms with E-state index in [0.29, 0.717) is 16.1 Å². The maximum Gasteiger partial charge on any atom is 0.333 e. The molecule has 3 aromatic rings. The monoisotopic (exact) mass is 467 g/mol. The van der Waals surface area contributed by atoms with Crippen molar-refractivity contribution in [2.75, 3.05) is 0 Å². The lowest BCUT2D eigenvalue weighted by molar-refractivity contribution is -0.133. The Labute approximate surface area is 192 Å². The zero-order valence-electron chi connectivity index (χ0n) is 17.4. The van der Waals surface area contributed by atoms with Crippen LogP contribution in [0.1, 0.15) is 35.2 Å². The Bertz CT molecular complexity index is 1270. The Kier molecular flexibility index (Phi) is 6.20. The molecule has 0 amide bonds. The highest BCUT2D eigenvalue weighted by molar-refractivity contribution is 7.89. The normalized spacial score (nSPS) is 19.4. The summed E-state index contributed by atoms with van der Waals surface area (Å²) in [4.78, 5) is 12.4. The van der Waals surface area contributed by atoms with Gasteiger partial charge in [-0.05, 0) is 48.2 Å². The number of carbonyl (C=O) groups is 1. The Morgan fingerprint density at radius 2 is 1.56 bits per heavy atom. The first-order valence-corrected chi connectivity index (χ1v) is 12.0. The average molecular weight is 468 g/mol. The van der Waals surface area contributed by atoms with Gasteiger partial charge in [-0.1, -0.05) is 78.3 Å². The largest absolute Gasteiger partial charge is 0.478 e. The molecule has 1 heterocycles. The Morgan fingerprint density at radius 1 is 0.938 bits per heavy atom. The van der Waals surface area contributed by atoms with Gasteiger partial charge in [0.25, 0.3) is 0 Å². The quantitative estimate of drug-likeness (QED) is 0.534. The van der Waals surface area contributed by atoms with E-state index in [9.17, 15) is 18.3 Å². The number of sulfonamides is 1. The summed E-state index contributed by atoms with van der Waals surface area (Å²) >= 11 is 6.06. The zero-order valence-corrected chi connectivity index (χ0v) is 18.9. The molecule has 0 saturated carbocycles. The molecule has 1 N–H and O–H groups in total. The number of halogens is 1. The molecule has 0 aliphatic carbocycles. The highest BCUT2D eigenvalue weighted by atomic mass is 35.5. The number of carboxylic acids is 1. The molecule has 32 heavy (non-hydrogen) atoms. The first-order chi connectivity index (χ1) is 15.3. The number of benzene rings is 3. The molecule has 0 radical (unpaired) electrons. The second-order valence-electron chi connectivity index (χ2n) is 7.68. The summed E-state index contributed by atoms with van der Waals surface area (Å²) in [7, 11) is -4.07. The van der Waals surface area contributed by atoms with E-state index in [1.165, 1.54) is 4.31 Å². The molecule has 0 saturated heterocycles. The maximum absolute atomic E-state index is 14.1. The highest BCUT2D eigenvalue weighted by Crippen LogP contribution is 2.46. The van der Waals surface area contributed by atoms with Crippen LogP contribution in [-0.2, 0) is 14.8 Å². The second kappa shape index (κ2) is 8.90. The third-order valence-corrected chi connectivity index (χ3v) is 7.97. The summed E-state index contributed by atoms with van der Waals surface area (Å²) in [5, 5.41) is 10.5. The number of hydrogen-bond acceptors (Lipinski definition) is 3. The summed E-state index contributed by atoms with van der Waals surface area (Å²) < 4.78 is 29.5. The SMILES string of the molecule is Cc1ccccc1S(=O)(=O)N1C(c2ccccc2)C(C(=O)O)=CC[C@H]1c1ccc(Cl)cc1. The molecule has 2 atom stereocenters. The van der Waals surface area contributed by atoms with Crippen LogP contribution in [0.3, 0.4) is 0 Å². The molecule has 1 unspecified atom stereocenters. The first-order valence-electron chi connectivity index (χ1n) is 10.1. The van der Waals surface area contributed by atoms with Gasteiger partial charge in [0.1, 0.15) is 0 Å². The van der Waals surface area contributed by atoms with Crippen molar-refractivity contribution in [2.45, 2.75) is 30.3 Å². The van der Waals surface area contributed by atoms with Gasteiger partial charge in [-0.25, -0.2) is 13.2 Å². The van der Waals surface area contributed by atoms with Gasteiger partial charge in [0, 0.05) is 5.02 Å². The van der Waals surface area contributed by atoms with E-state index in [1.54, 1.807) is 85.8 Å². The van der Waals surface area contributed by atoms with E-state index in [-0.39, 0.29) is 16.9 Å². The van der Waals surface area contributed by atoms with E-state index < -0.39 is 28.1 Å². The molecule has 5 nitrogen and oxygen atoms in total. The summed E-state index contributed by atoms with van der Waals surface area (Å²) in [6.45, 7) is 1.74. The van der Waals surface area contributed by atoms with Crippen molar-refractivity contribution in [1.82, 2.24) is 4.31 Å². The summed E-state index contributed by atoms with van der Waals surface area (Å²) in [5.74, 6) is -1.14. The number of aliphatic carboxylic acids is 1. The summed E-state index contributed by atoms with van der Waals surface area (Å²) in [6.07, 6.45) is 1.86. The van der Waals surface area contributed by atoms with E-state index in [0.717, 1.165) is 5.56 Å². The Hall–Kier alpha value is -2.93. The van der Waals surface area contributed by atoms with Crippen molar-refractivity contribution in [3.05, 3.63) is 112 Å². The summed E-state index contributed by atoms with van der Waals surface area (Å²) in [5.41, 5.74) is 1.98. The molecule has 3 aromatic carbocycles. The van der Waals surface area contributed by atoms with Crippen molar-refractivity contribution in [1.29, 1.82) is 0 Å². The zero-order chi connectivity index (χ0) is 22.9. The number of rotatable bonds is 5. The molecule has 164 valence electrons. The standard InChI is InChI=1S/C25H22ClNO4S/c1-17-7-5-6-10-23(17)32(30,31)27-22(18-11-13-20(26)14-12-18)16-15-21(25(28)29)24(27)19-8-3-2-4-9-19/h2-15,22,24H,16H2,1H3,(H,28,29)/t22-,24?/m0/s1.